The number of fused-ring (bicyclic) bond motifs is 1. The van der Waals surface area contributed by atoms with Gasteiger partial charge in [-0.3, -0.25) is 4.79 Å². The van der Waals surface area contributed by atoms with E-state index in [1.54, 1.807) is 25.1 Å². The van der Waals surface area contributed by atoms with E-state index in [4.69, 9.17) is 27.9 Å². The molecule has 0 unspecified atom stereocenters. The summed E-state index contributed by atoms with van der Waals surface area (Å²) in [5, 5.41) is 5.97. The fourth-order valence-corrected chi connectivity index (χ4v) is 3.01. The molecule has 3 nitrogen and oxygen atoms in total. The van der Waals surface area contributed by atoms with Crippen LogP contribution in [0.5, 0.6) is 5.75 Å². The molecule has 0 spiro atoms. The summed E-state index contributed by atoms with van der Waals surface area (Å²) >= 11 is 12.0. The average Bonchev–Trinajstić information content (AvgIpc) is 2.61. The van der Waals surface area contributed by atoms with Crippen molar-refractivity contribution in [2.45, 2.75) is 19.6 Å². The third-order valence-electron chi connectivity index (χ3n) is 3.89. The Balaban J connectivity index is 1.66. The van der Waals surface area contributed by atoms with Crippen LogP contribution in [0.25, 0.3) is 10.8 Å². The van der Waals surface area contributed by atoms with Crippen LogP contribution in [0, 0.1) is 0 Å². The van der Waals surface area contributed by atoms with Gasteiger partial charge >= 0.3 is 0 Å². The van der Waals surface area contributed by atoms with Crippen LogP contribution in [0.3, 0.4) is 0 Å². The molecular formula is C20H17Cl2NO2. The molecule has 0 aromatic heterocycles. The highest BCUT2D eigenvalue weighted by molar-refractivity contribution is 6.35. The Morgan fingerprint density at radius 1 is 1.08 bits per heavy atom. The number of hydrogen-bond donors (Lipinski definition) is 1. The molecule has 0 heterocycles. The highest BCUT2D eigenvalue weighted by Gasteiger charge is 2.16. The zero-order chi connectivity index (χ0) is 17.8. The summed E-state index contributed by atoms with van der Waals surface area (Å²) in [6, 6.07) is 18.9. The molecule has 1 atom stereocenters. The van der Waals surface area contributed by atoms with Gasteiger partial charge in [0, 0.05) is 22.0 Å². The van der Waals surface area contributed by atoms with E-state index in [0.29, 0.717) is 22.3 Å². The summed E-state index contributed by atoms with van der Waals surface area (Å²) in [6.07, 6.45) is -0.628. The van der Waals surface area contributed by atoms with Gasteiger partial charge in [0.05, 0.1) is 0 Å². The molecule has 0 saturated heterocycles. The predicted octanol–water partition coefficient (Wildman–Crippen LogP) is 5.23. The second-order valence-electron chi connectivity index (χ2n) is 5.69. The van der Waals surface area contributed by atoms with E-state index in [-0.39, 0.29) is 5.91 Å². The zero-order valence-electron chi connectivity index (χ0n) is 13.6. The number of carbonyl (C=O) groups excluding carboxylic acids is 1. The first kappa shape index (κ1) is 17.6. The SMILES string of the molecule is C[C@H](Oc1cccc2ccccc12)C(=O)NCc1ccc(Cl)cc1Cl. The molecule has 0 aliphatic rings. The van der Waals surface area contributed by atoms with E-state index in [2.05, 4.69) is 5.32 Å². The lowest BCUT2D eigenvalue weighted by molar-refractivity contribution is -0.127. The standard InChI is InChI=1S/C20H17Cl2NO2/c1-13(20(24)23-12-15-9-10-16(21)11-18(15)22)25-19-8-4-6-14-5-2-3-7-17(14)19/h2-11,13H,12H2,1H3,(H,23,24)/t13-/m0/s1. The lowest BCUT2D eigenvalue weighted by Gasteiger charge is -2.16. The van der Waals surface area contributed by atoms with Gasteiger partial charge in [0.1, 0.15) is 5.75 Å². The van der Waals surface area contributed by atoms with Crippen LogP contribution in [0.2, 0.25) is 10.0 Å². The molecule has 0 bridgehead atoms. The number of hydrogen-bond acceptors (Lipinski definition) is 2. The first-order valence-corrected chi connectivity index (χ1v) is 8.66. The Morgan fingerprint density at radius 3 is 2.64 bits per heavy atom. The minimum Gasteiger partial charge on any atom is -0.480 e. The number of amides is 1. The van der Waals surface area contributed by atoms with Gasteiger partial charge in [-0.1, -0.05) is 65.7 Å². The average molecular weight is 374 g/mol. The van der Waals surface area contributed by atoms with Gasteiger partial charge in [-0.05, 0) is 36.1 Å². The number of rotatable bonds is 5. The van der Waals surface area contributed by atoms with E-state index >= 15 is 0 Å². The van der Waals surface area contributed by atoms with Crippen molar-refractivity contribution in [2.24, 2.45) is 0 Å². The van der Waals surface area contributed by atoms with Crippen molar-refractivity contribution < 1.29 is 9.53 Å². The largest absolute Gasteiger partial charge is 0.480 e. The molecule has 25 heavy (non-hydrogen) atoms. The minimum absolute atomic E-state index is 0.209. The highest BCUT2D eigenvalue weighted by atomic mass is 35.5. The number of ether oxygens (including phenoxy) is 1. The van der Waals surface area contributed by atoms with Gasteiger partial charge in [0.25, 0.3) is 5.91 Å². The molecule has 5 heteroatoms. The van der Waals surface area contributed by atoms with Crippen molar-refractivity contribution in [3.8, 4) is 5.75 Å². The van der Waals surface area contributed by atoms with Crippen LogP contribution < -0.4 is 10.1 Å². The monoisotopic (exact) mass is 373 g/mol. The summed E-state index contributed by atoms with van der Waals surface area (Å²) in [6.45, 7) is 2.04. The maximum atomic E-state index is 12.3. The Morgan fingerprint density at radius 2 is 1.84 bits per heavy atom. The van der Waals surface area contributed by atoms with Crippen LogP contribution in [0.4, 0.5) is 0 Å². The fraction of sp³-hybridized carbons (Fsp3) is 0.150. The third kappa shape index (κ3) is 4.25. The molecule has 0 fully saturated rings. The third-order valence-corrected chi connectivity index (χ3v) is 4.48. The van der Waals surface area contributed by atoms with E-state index in [0.717, 1.165) is 16.3 Å². The van der Waals surface area contributed by atoms with Gasteiger partial charge in [-0.2, -0.15) is 0 Å². The zero-order valence-corrected chi connectivity index (χ0v) is 15.1. The number of halogens is 2. The van der Waals surface area contributed by atoms with E-state index in [1.807, 2.05) is 42.5 Å². The molecule has 1 amide bonds. The molecule has 3 aromatic carbocycles. The highest BCUT2D eigenvalue weighted by Crippen LogP contribution is 2.26. The van der Waals surface area contributed by atoms with Crippen LogP contribution in [-0.2, 0) is 11.3 Å². The lowest BCUT2D eigenvalue weighted by atomic mass is 10.1. The van der Waals surface area contributed by atoms with Crippen molar-refractivity contribution in [3.05, 3.63) is 76.3 Å². The van der Waals surface area contributed by atoms with Crippen LogP contribution in [-0.4, -0.2) is 12.0 Å². The van der Waals surface area contributed by atoms with Gasteiger partial charge in [-0.15, -0.1) is 0 Å². The van der Waals surface area contributed by atoms with Gasteiger partial charge in [0.2, 0.25) is 0 Å². The van der Waals surface area contributed by atoms with Crippen molar-refractivity contribution in [2.75, 3.05) is 0 Å². The maximum Gasteiger partial charge on any atom is 0.261 e. The predicted molar refractivity (Wildman–Crippen MR) is 102 cm³/mol. The number of carbonyl (C=O) groups is 1. The van der Waals surface area contributed by atoms with Crippen LogP contribution >= 0.6 is 23.2 Å². The molecule has 3 aromatic rings. The van der Waals surface area contributed by atoms with E-state index in [9.17, 15) is 4.79 Å². The van der Waals surface area contributed by atoms with E-state index < -0.39 is 6.10 Å². The first-order valence-electron chi connectivity index (χ1n) is 7.90. The molecule has 1 N–H and O–H groups in total. The molecule has 0 saturated carbocycles. The Hall–Kier alpha value is -2.23. The van der Waals surface area contributed by atoms with E-state index in [1.165, 1.54) is 0 Å². The summed E-state index contributed by atoms with van der Waals surface area (Å²) < 4.78 is 5.86. The summed E-state index contributed by atoms with van der Waals surface area (Å²) in [4.78, 5) is 12.3. The molecule has 0 aliphatic heterocycles. The van der Waals surface area contributed by atoms with Crippen molar-refractivity contribution in [1.29, 1.82) is 0 Å². The van der Waals surface area contributed by atoms with Crippen molar-refractivity contribution in [3.63, 3.8) is 0 Å². The number of benzene rings is 3. The van der Waals surface area contributed by atoms with Crippen molar-refractivity contribution >= 4 is 39.9 Å². The smallest absolute Gasteiger partial charge is 0.261 e. The summed E-state index contributed by atoms with van der Waals surface area (Å²) in [7, 11) is 0. The summed E-state index contributed by atoms with van der Waals surface area (Å²) in [5.41, 5.74) is 0.803. The molecule has 3 rings (SSSR count). The van der Waals surface area contributed by atoms with Crippen LogP contribution in [0.15, 0.2) is 60.7 Å². The minimum atomic E-state index is -0.628. The van der Waals surface area contributed by atoms with Crippen molar-refractivity contribution in [1.82, 2.24) is 5.32 Å². The second-order valence-corrected chi connectivity index (χ2v) is 6.53. The van der Waals surface area contributed by atoms with Gasteiger partial charge in [0.15, 0.2) is 6.10 Å². The Bertz CT molecular complexity index is 906. The molecule has 0 aliphatic carbocycles. The summed E-state index contributed by atoms with van der Waals surface area (Å²) in [5.74, 6) is 0.476. The normalized spacial score (nSPS) is 12.0. The van der Waals surface area contributed by atoms with Gasteiger partial charge < -0.3 is 10.1 Å². The second kappa shape index (κ2) is 7.77. The van der Waals surface area contributed by atoms with Gasteiger partial charge in [-0.25, -0.2) is 0 Å². The molecule has 128 valence electrons. The Labute approximate surface area is 156 Å². The molecular weight excluding hydrogens is 357 g/mol. The maximum absolute atomic E-state index is 12.3. The first-order chi connectivity index (χ1) is 12.0. The quantitative estimate of drug-likeness (QED) is 0.664. The molecule has 0 radical (unpaired) electrons. The van der Waals surface area contributed by atoms with Crippen LogP contribution in [0.1, 0.15) is 12.5 Å². The Kier molecular flexibility index (Phi) is 5.47. The number of nitrogens with one attached hydrogen (secondary N) is 1. The topological polar surface area (TPSA) is 38.3 Å². The fourth-order valence-electron chi connectivity index (χ4n) is 2.53. The lowest BCUT2D eigenvalue weighted by Crippen LogP contribution is -2.36.